The van der Waals surface area contributed by atoms with Gasteiger partial charge in [-0.25, -0.2) is 12.8 Å². The van der Waals surface area contributed by atoms with Crippen molar-refractivity contribution in [1.29, 1.82) is 0 Å². The number of halogens is 1. The van der Waals surface area contributed by atoms with Gasteiger partial charge in [0, 0.05) is 31.9 Å². The van der Waals surface area contributed by atoms with Gasteiger partial charge in [0.05, 0.1) is 10.8 Å². The molecule has 0 radical (unpaired) electrons. The van der Waals surface area contributed by atoms with E-state index in [9.17, 15) is 17.6 Å². The molecule has 0 bridgehead atoms. The molecule has 1 unspecified atom stereocenters. The molecule has 2 fully saturated rings. The van der Waals surface area contributed by atoms with E-state index < -0.39 is 10.0 Å². The van der Waals surface area contributed by atoms with Gasteiger partial charge in [0.15, 0.2) is 0 Å². The van der Waals surface area contributed by atoms with Crippen molar-refractivity contribution in [3.8, 4) is 0 Å². The second-order valence-corrected chi connectivity index (χ2v) is 10.6. The quantitative estimate of drug-likeness (QED) is 0.712. The summed E-state index contributed by atoms with van der Waals surface area (Å²) in [6.45, 7) is 3.37. The molecule has 4 rings (SSSR count). The van der Waals surface area contributed by atoms with Crippen LogP contribution in [-0.2, 0) is 21.4 Å². The number of nitrogens with one attached hydrogen (secondary N) is 1. The molecule has 0 aliphatic carbocycles. The highest BCUT2D eigenvalue weighted by Crippen LogP contribution is 2.24. The minimum Gasteiger partial charge on any atom is -0.326 e. The van der Waals surface area contributed by atoms with Crippen LogP contribution >= 0.6 is 0 Å². The van der Waals surface area contributed by atoms with Crippen LogP contribution in [0.1, 0.15) is 37.7 Å². The molecule has 1 N–H and O–H groups in total. The maximum absolute atomic E-state index is 13.1. The van der Waals surface area contributed by atoms with Crippen LogP contribution in [0.25, 0.3) is 0 Å². The van der Waals surface area contributed by atoms with Crippen molar-refractivity contribution in [3.63, 3.8) is 0 Å². The van der Waals surface area contributed by atoms with Gasteiger partial charge < -0.3 is 5.32 Å². The third kappa shape index (κ3) is 5.54. The molecule has 2 aliphatic heterocycles. The van der Waals surface area contributed by atoms with Crippen molar-refractivity contribution in [2.75, 3.05) is 31.5 Å². The number of hydrogen-bond acceptors (Lipinski definition) is 4. The van der Waals surface area contributed by atoms with Gasteiger partial charge in [0.25, 0.3) is 0 Å². The fourth-order valence-electron chi connectivity index (χ4n) is 4.47. The Hall–Kier alpha value is -2.29. The highest BCUT2D eigenvalue weighted by atomic mass is 32.2. The average Bonchev–Trinajstić information content (AvgIpc) is 2.82. The van der Waals surface area contributed by atoms with Crippen LogP contribution in [0.15, 0.2) is 53.4 Å². The van der Waals surface area contributed by atoms with Crippen molar-refractivity contribution in [2.24, 2.45) is 5.92 Å². The van der Waals surface area contributed by atoms with Crippen LogP contribution in [0.5, 0.6) is 0 Å². The number of nitrogens with zero attached hydrogens (tertiary/aromatic N) is 2. The van der Waals surface area contributed by atoms with Gasteiger partial charge in [-0.2, -0.15) is 4.31 Å². The predicted octanol–water partition coefficient (Wildman–Crippen LogP) is 3.85. The van der Waals surface area contributed by atoms with Gasteiger partial charge in [-0.05, 0) is 74.2 Å². The summed E-state index contributed by atoms with van der Waals surface area (Å²) in [6, 6.07) is 12.9. The maximum atomic E-state index is 13.1. The summed E-state index contributed by atoms with van der Waals surface area (Å²) < 4.78 is 40.2. The molecule has 0 aromatic heterocycles. The largest absolute Gasteiger partial charge is 0.326 e. The average molecular weight is 460 g/mol. The lowest BCUT2D eigenvalue weighted by molar-refractivity contribution is -0.121. The van der Waals surface area contributed by atoms with Crippen LogP contribution in [0.2, 0.25) is 0 Å². The number of sulfonamides is 1. The molecule has 6 nitrogen and oxygen atoms in total. The SMILES string of the molecule is O=C(Nc1ccc(S(=O)(=O)N2CCCCC2)cc1)C1CCCN(Cc2ccc(F)cc2)C1. The van der Waals surface area contributed by atoms with Crippen molar-refractivity contribution >= 4 is 21.6 Å². The molecular formula is C24H30FN3O3S. The number of benzene rings is 2. The van der Waals surface area contributed by atoms with Gasteiger partial charge in [-0.1, -0.05) is 18.6 Å². The summed E-state index contributed by atoms with van der Waals surface area (Å²) in [4.78, 5) is 15.3. The third-order valence-corrected chi connectivity index (χ3v) is 8.18. The van der Waals surface area contributed by atoms with E-state index in [1.54, 1.807) is 40.7 Å². The Labute approximate surface area is 189 Å². The maximum Gasteiger partial charge on any atom is 0.243 e. The normalized spacial score (nSPS) is 20.7. The minimum atomic E-state index is -3.48. The van der Waals surface area contributed by atoms with E-state index in [0.29, 0.717) is 31.9 Å². The van der Waals surface area contributed by atoms with E-state index in [2.05, 4.69) is 10.2 Å². The van der Waals surface area contributed by atoms with Crippen molar-refractivity contribution < 1.29 is 17.6 Å². The molecule has 172 valence electrons. The molecule has 1 atom stereocenters. The number of hydrogen-bond donors (Lipinski definition) is 1. The first-order valence-electron chi connectivity index (χ1n) is 11.3. The zero-order valence-corrected chi connectivity index (χ0v) is 19.0. The fraction of sp³-hybridized carbons (Fsp3) is 0.458. The molecule has 2 aromatic rings. The number of carbonyl (C=O) groups is 1. The predicted molar refractivity (Wildman–Crippen MR) is 122 cm³/mol. The summed E-state index contributed by atoms with van der Waals surface area (Å²) in [7, 11) is -3.48. The standard InChI is InChI=1S/C24H30FN3O3S/c25-21-8-6-19(7-9-21)17-27-14-4-5-20(18-27)24(29)26-22-10-12-23(13-11-22)32(30,31)28-15-2-1-3-16-28/h6-13,20H,1-5,14-18H2,(H,26,29). The number of likely N-dealkylation sites (tertiary alicyclic amines) is 1. The lowest BCUT2D eigenvalue weighted by Crippen LogP contribution is -2.40. The second kappa shape index (κ2) is 10.1. The second-order valence-electron chi connectivity index (χ2n) is 8.68. The Bertz CT molecular complexity index is 1020. The summed E-state index contributed by atoms with van der Waals surface area (Å²) >= 11 is 0. The molecule has 2 saturated heterocycles. The molecule has 8 heteroatoms. The Balaban J connectivity index is 1.34. The van der Waals surface area contributed by atoms with Crippen LogP contribution in [0, 0.1) is 11.7 Å². The molecule has 2 aliphatic rings. The third-order valence-electron chi connectivity index (χ3n) is 6.27. The van der Waals surface area contributed by atoms with Crippen LogP contribution < -0.4 is 5.32 Å². The van der Waals surface area contributed by atoms with E-state index in [4.69, 9.17) is 0 Å². The molecule has 0 spiro atoms. The number of amides is 1. The summed E-state index contributed by atoms with van der Waals surface area (Å²) in [6.07, 6.45) is 4.60. The minimum absolute atomic E-state index is 0.0551. The Morgan fingerprint density at radius 3 is 2.31 bits per heavy atom. The monoisotopic (exact) mass is 459 g/mol. The van der Waals surface area contributed by atoms with E-state index in [1.807, 2.05) is 0 Å². The summed E-state index contributed by atoms with van der Waals surface area (Å²) in [5, 5.41) is 2.94. The first-order valence-corrected chi connectivity index (χ1v) is 12.7. The highest BCUT2D eigenvalue weighted by molar-refractivity contribution is 7.89. The van der Waals surface area contributed by atoms with Crippen LogP contribution in [0.3, 0.4) is 0 Å². The van der Waals surface area contributed by atoms with Crippen LogP contribution in [0.4, 0.5) is 10.1 Å². The van der Waals surface area contributed by atoms with Gasteiger partial charge in [0.1, 0.15) is 5.82 Å². The Morgan fingerprint density at radius 2 is 1.62 bits per heavy atom. The smallest absolute Gasteiger partial charge is 0.243 e. The zero-order chi connectivity index (χ0) is 22.6. The lowest BCUT2D eigenvalue weighted by atomic mass is 9.96. The number of carbonyl (C=O) groups excluding carboxylic acids is 1. The van der Waals surface area contributed by atoms with E-state index in [-0.39, 0.29) is 22.5 Å². The van der Waals surface area contributed by atoms with Crippen molar-refractivity contribution in [1.82, 2.24) is 9.21 Å². The molecule has 1 amide bonds. The van der Waals surface area contributed by atoms with E-state index in [0.717, 1.165) is 44.2 Å². The number of piperidine rings is 2. The van der Waals surface area contributed by atoms with E-state index >= 15 is 0 Å². The topological polar surface area (TPSA) is 69.7 Å². The number of anilines is 1. The van der Waals surface area contributed by atoms with Crippen molar-refractivity contribution in [2.45, 2.75) is 43.5 Å². The van der Waals surface area contributed by atoms with Gasteiger partial charge >= 0.3 is 0 Å². The molecule has 32 heavy (non-hydrogen) atoms. The molecule has 2 aromatic carbocycles. The zero-order valence-electron chi connectivity index (χ0n) is 18.2. The van der Waals surface area contributed by atoms with Gasteiger partial charge in [-0.3, -0.25) is 9.69 Å². The highest BCUT2D eigenvalue weighted by Gasteiger charge is 2.27. The first kappa shape index (κ1) is 22.9. The van der Waals surface area contributed by atoms with Crippen molar-refractivity contribution in [3.05, 3.63) is 59.9 Å². The van der Waals surface area contributed by atoms with Crippen LogP contribution in [-0.4, -0.2) is 49.7 Å². The Morgan fingerprint density at radius 1 is 0.938 bits per heavy atom. The lowest BCUT2D eigenvalue weighted by Gasteiger charge is -2.32. The van der Waals surface area contributed by atoms with Gasteiger partial charge in [-0.15, -0.1) is 0 Å². The summed E-state index contributed by atoms with van der Waals surface area (Å²) in [5.74, 6) is -0.444. The molecule has 2 heterocycles. The first-order chi connectivity index (χ1) is 15.4. The van der Waals surface area contributed by atoms with Gasteiger partial charge in [0.2, 0.25) is 15.9 Å². The fourth-order valence-corrected chi connectivity index (χ4v) is 5.99. The Kier molecular flexibility index (Phi) is 7.23. The number of rotatable bonds is 6. The molecule has 0 saturated carbocycles. The summed E-state index contributed by atoms with van der Waals surface area (Å²) in [5.41, 5.74) is 1.63. The van der Waals surface area contributed by atoms with E-state index in [1.165, 1.54) is 12.1 Å². The molecular weight excluding hydrogens is 429 g/mol.